The van der Waals surface area contributed by atoms with Crippen LogP contribution < -0.4 is 0 Å². The zero-order chi connectivity index (χ0) is 12.9. The molecular formula is C13H21NO3. The first kappa shape index (κ1) is 13.7. The molecule has 17 heavy (non-hydrogen) atoms. The third kappa shape index (κ3) is 2.68. The number of carbonyl (C=O) groups is 2. The molecule has 0 radical (unpaired) electrons. The van der Waals surface area contributed by atoms with Crippen molar-refractivity contribution in [1.82, 2.24) is 4.90 Å². The summed E-state index contributed by atoms with van der Waals surface area (Å²) < 4.78 is 5.12. The summed E-state index contributed by atoms with van der Waals surface area (Å²) in [6.45, 7) is 6.25. The Hall–Kier alpha value is -1.32. The van der Waals surface area contributed by atoms with Gasteiger partial charge in [0.1, 0.15) is 0 Å². The summed E-state index contributed by atoms with van der Waals surface area (Å²) >= 11 is 0. The largest absolute Gasteiger partial charge is 0.464 e. The van der Waals surface area contributed by atoms with Gasteiger partial charge in [0.15, 0.2) is 5.54 Å². The Morgan fingerprint density at radius 2 is 2.12 bits per heavy atom. The zero-order valence-corrected chi connectivity index (χ0v) is 10.9. The summed E-state index contributed by atoms with van der Waals surface area (Å²) in [6, 6.07) is 0. The van der Waals surface area contributed by atoms with E-state index < -0.39 is 5.54 Å². The van der Waals surface area contributed by atoms with E-state index in [1.54, 1.807) is 11.8 Å². The molecule has 0 saturated carbocycles. The minimum Gasteiger partial charge on any atom is -0.464 e. The Morgan fingerprint density at radius 1 is 1.41 bits per heavy atom. The van der Waals surface area contributed by atoms with Gasteiger partial charge in [-0.2, -0.15) is 0 Å². The highest BCUT2D eigenvalue weighted by atomic mass is 16.5. The molecule has 1 heterocycles. The van der Waals surface area contributed by atoms with E-state index in [-0.39, 0.29) is 11.9 Å². The van der Waals surface area contributed by atoms with Crippen LogP contribution in [0.4, 0.5) is 0 Å². The van der Waals surface area contributed by atoms with Crippen LogP contribution >= 0.6 is 0 Å². The maximum atomic E-state index is 12.1. The van der Waals surface area contributed by atoms with Gasteiger partial charge in [0.2, 0.25) is 5.91 Å². The van der Waals surface area contributed by atoms with E-state index in [9.17, 15) is 9.59 Å². The van der Waals surface area contributed by atoms with Crippen LogP contribution in [-0.4, -0.2) is 35.5 Å². The minimum absolute atomic E-state index is 0.0729. The SMILES string of the molecule is CC/C=C/C1(C(=O)OCC)CCCN1C(C)=O. The molecule has 0 aromatic heterocycles. The molecule has 1 amide bonds. The van der Waals surface area contributed by atoms with Gasteiger partial charge in [-0.15, -0.1) is 0 Å². The molecule has 0 aliphatic carbocycles. The van der Waals surface area contributed by atoms with Crippen molar-refractivity contribution in [3.8, 4) is 0 Å². The normalized spacial score (nSPS) is 24.3. The number of carbonyl (C=O) groups excluding carboxylic acids is 2. The predicted octanol–water partition coefficient (Wildman–Crippen LogP) is 1.90. The molecule has 1 saturated heterocycles. The first-order valence-electron chi connectivity index (χ1n) is 6.21. The summed E-state index contributed by atoms with van der Waals surface area (Å²) in [7, 11) is 0. The molecule has 0 spiro atoms. The van der Waals surface area contributed by atoms with E-state index in [0.29, 0.717) is 19.6 Å². The molecule has 0 N–H and O–H groups in total. The van der Waals surface area contributed by atoms with E-state index in [0.717, 1.165) is 12.8 Å². The van der Waals surface area contributed by atoms with Crippen LogP contribution in [0.25, 0.3) is 0 Å². The average molecular weight is 239 g/mol. The van der Waals surface area contributed by atoms with Crippen LogP contribution in [0.3, 0.4) is 0 Å². The molecule has 1 unspecified atom stereocenters. The van der Waals surface area contributed by atoms with Gasteiger partial charge < -0.3 is 9.64 Å². The van der Waals surface area contributed by atoms with Gasteiger partial charge in [-0.3, -0.25) is 4.79 Å². The average Bonchev–Trinajstić information content (AvgIpc) is 2.71. The lowest BCUT2D eigenvalue weighted by Gasteiger charge is -2.33. The van der Waals surface area contributed by atoms with Crippen LogP contribution in [0.15, 0.2) is 12.2 Å². The minimum atomic E-state index is -0.863. The molecule has 1 aliphatic heterocycles. The fraction of sp³-hybridized carbons (Fsp3) is 0.692. The Balaban J connectivity index is 3.04. The van der Waals surface area contributed by atoms with Crippen LogP contribution in [0.1, 0.15) is 40.0 Å². The summed E-state index contributed by atoms with van der Waals surface area (Å²) in [5, 5.41) is 0. The Kier molecular flexibility index (Phi) is 4.73. The van der Waals surface area contributed by atoms with Crippen molar-refractivity contribution in [3.63, 3.8) is 0 Å². The van der Waals surface area contributed by atoms with Crippen LogP contribution in [0, 0.1) is 0 Å². The molecule has 4 nitrogen and oxygen atoms in total. The smallest absolute Gasteiger partial charge is 0.336 e. The van der Waals surface area contributed by atoms with Crippen molar-refractivity contribution < 1.29 is 14.3 Å². The Morgan fingerprint density at radius 3 is 2.65 bits per heavy atom. The molecule has 4 heteroatoms. The second kappa shape index (κ2) is 5.84. The van der Waals surface area contributed by atoms with Crippen LogP contribution in [0.5, 0.6) is 0 Å². The lowest BCUT2D eigenvalue weighted by Crippen LogP contribution is -2.51. The summed E-state index contributed by atoms with van der Waals surface area (Å²) in [6.07, 6.45) is 6.10. The van der Waals surface area contributed by atoms with Gasteiger partial charge in [0.05, 0.1) is 6.61 Å². The lowest BCUT2D eigenvalue weighted by atomic mass is 9.95. The molecule has 1 atom stereocenters. The van der Waals surface area contributed by atoms with Gasteiger partial charge in [0.25, 0.3) is 0 Å². The third-order valence-electron chi connectivity index (χ3n) is 3.06. The summed E-state index contributed by atoms with van der Waals surface area (Å²) in [4.78, 5) is 25.4. The second-order valence-electron chi connectivity index (χ2n) is 4.23. The molecule has 96 valence electrons. The van der Waals surface area contributed by atoms with E-state index >= 15 is 0 Å². The number of ether oxygens (including phenoxy) is 1. The van der Waals surface area contributed by atoms with Crippen molar-refractivity contribution in [2.75, 3.05) is 13.2 Å². The molecule has 1 rings (SSSR count). The van der Waals surface area contributed by atoms with E-state index in [1.165, 1.54) is 6.92 Å². The molecular weight excluding hydrogens is 218 g/mol. The standard InChI is InChI=1S/C13H21NO3/c1-4-6-8-13(12(16)17-5-2)9-7-10-14(13)11(3)15/h6,8H,4-5,7,9-10H2,1-3H3/b8-6+. The number of nitrogens with zero attached hydrogens (tertiary/aromatic N) is 1. The molecule has 0 bridgehead atoms. The number of allylic oxidation sites excluding steroid dienone is 1. The number of rotatable bonds is 4. The zero-order valence-electron chi connectivity index (χ0n) is 10.9. The second-order valence-corrected chi connectivity index (χ2v) is 4.23. The van der Waals surface area contributed by atoms with Gasteiger partial charge in [-0.1, -0.05) is 19.1 Å². The highest BCUT2D eigenvalue weighted by molar-refractivity contribution is 5.90. The van der Waals surface area contributed by atoms with Crippen LogP contribution in [0.2, 0.25) is 0 Å². The van der Waals surface area contributed by atoms with Gasteiger partial charge >= 0.3 is 5.97 Å². The van der Waals surface area contributed by atoms with E-state index in [4.69, 9.17) is 4.74 Å². The number of esters is 1. The van der Waals surface area contributed by atoms with Crippen molar-refractivity contribution in [2.45, 2.75) is 45.6 Å². The first-order valence-corrected chi connectivity index (χ1v) is 6.21. The highest BCUT2D eigenvalue weighted by Gasteiger charge is 2.47. The van der Waals surface area contributed by atoms with Gasteiger partial charge in [-0.05, 0) is 26.2 Å². The number of amides is 1. The van der Waals surface area contributed by atoms with E-state index in [2.05, 4.69) is 0 Å². The monoisotopic (exact) mass is 239 g/mol. The predicted molar refractivity (Wildman–Crippen MR) is 65.4 cm³/mol. The van der Waals surface area contributed by atoms with E-state index in [1.807, 2.05) is 19.1 Å². The quantitative estimate of drug-likeness (QED) is 0.556. The molecule has 1 aliphatic rings. The van der Waals surface area contributed by atoms with Crippen LogP contribution in [-0.2, 0) is 14.3 Å². The molecule has 0 aromatic carbocycles. The number of likely N-dealkylation sites (tertiary alicyclic amines) is 1. The van der Waals surface area contributed by atoms with Gasteiger partial charge in [0, 0.05) is 13.5 Å². The first-order chi connectivity index (χ1) is 8.08. The summed E-state index contributed by atoms with van der Waals surface area (Å²) in [5.74, 6) is -0.381. The molecule has 0 aromatic rings. The topological polar surface area (TPSA) is 46.6 Å². The Bertz CT molecular complexity index is 325. The summed E-state index contributed by atoms with van der Waals surface area (Å²) in [5.41, 5.74) is -0.863. The third-order valence-corrected chi connectivity index (χ3v) is 3.06. The number of hydrogen-bond acceptors (Lipinski definition) is 3. The van der Waals surface area contributed by atoms with Crippen molar-refractivity contribution in [1.29, 1.82) is 0 Å². The number of hydrogen-bond donors (Lipinski definition) is 0. The van der Waals surface area contributed by atoms with Crippen molar-refractivity contribution in [2.24, 2.45) is 0 Å². The fourth-order valence-corrected chi connectivity index (χ4v) is 2.30. The maximum Gasteiger partial charge on any atom is 0.336 e. The Labute approximate surface area is 103 Å². The highest BCUT2D eigenvalue weighted by Crippen LogP contribution is 2.32. The molecule has 1 fully saturated rings. The van der Waals surface area contributed by atoms with Crippen molar-refractivity contribution in [3.05, 3.63) is 12.2 Å². The van der Waals surface area contributed by atoms with Gasteiger partial charge in [-0.25, -0.2) is 4.79 Å². The van der Waals surface area contributed by atoms with Crippen molar-refractivity contribution >= 4 is 11.9 Å². The fourth-order valence-electron chi connectivity index (χ4n) is 2.30. The lowest BCUT2D eigenvalue weighted by molar-refractivity contribution is -0.157. The maximum absolute atomic E-state index is 12.1.